The summed E-state index contributed by atoms with van der Waals surface area (Å²) < 4.78 is 42.9. The van der Waals surface area contributed by atoms with Gasteiger partial charge >= 0.3 is 0 Å². The molecule has 2 saturated carbocycles. The molecule has 4 rings (SSSR count). The minimum absolute atomic E-state index is 0. The van der Waals surface area contributed by atoms with Crippen LogP contribution in [-0.4, -0.2) is 54.6 Å². The van der Waals surface area contributed by atoms with Crippen molar-refractivity contribution < 1.29 is 22.2 Å². The lowest BCUT2D eigenvalue weighted by molar-refractivity contribution is -0.130. The van der Waals surface area contributed by atoms with Crippen molar-refractivity contribution in [1.82, 2.24) is 10.2 Å². The van der Waals surface area contributed by atoms with Crippen LogP contribution < -0.4 is 5.32 Å². The summed E-state index contributed by atoms with van der Waals surface area (Å²) in [6.07, 6.45) is 5.37. The van der Waals surface area contributed by atoms with Crippen molar-refractivity contribution in [3.05, 3.63) is 29.8 Å². The SMILES string of the molecule is C.CC1(NCC(=O)N2CC(F)CC2C#N)CC2CCC[C@@H]2C1.Cc1ccc(S(=O)(=O)O)cc1. The molecule has 5 atom stereocenters. The number of fused-ring (bicyclic) bond motifs is 1. The maximum absolute atomic E-state index is 13.4. The Labute approximate surface area is 197 Å². The van der Waals surface area contributed by atoms with Crippen LogP contribution >= 0.6 is 0 Å². The van der Waals surface area contributed by atoms with Crippen LogP contribution in [0.5, 0.6) is 0 Å². The summed E-state index contributed by atoms with van der Waals surface area (Å²) in [5, 5.41) is 12.4. The third kappa shape index (κ3) is 6.98. The molecule has 1 heterocycles. The maximum Gasteiger partial charge on any atom is 0.294 e. The van der Waals surface area contributed by atoms with Crippen LogP contribution in [0.3, 0.4) is 0 Å². The van der Waals surface area contributed by atoms with E-state index in [4.69, 9.17) is 9.81 Å². The summed E-state index contributed by atoms with van der Waals surface area (Å²) in [4.78, 5) is 13.6. The van der Waals surface area contributed by atoms with Gasteiger partial charge in [0.15, 0.2) is 0 Å². The fraction of sp³-hybridized carbons (Fsp3) is 0.667. The molecule has 1 saturated heterocycles. The Morgan fingerprint density at radius 3 is 2.36 bits per heavy atom. The molecular formula is C24H36FN3O4S. The first kappa shape index (κ1) is 27.2. The lowest BCUT2D eigenvalue weighted by Crippen LogP contribution is -2.48. The first-order chi connectivity index (χ1) is 15.0. The molecule has 1 aromatic carbocycles. The largest absolute Gasteiger partial charge is 0.323 e. The second-order valence-corrected chi connectivity index (χ2v) is 11.0. The maximum atomic E-state index is 13.4. The van der Waals surface area contributed by atoms with Crippen LogP contribution in [0.4, 0.5) is 4.39 Å². The van der Waals surface area contributed by atoms with Crippen molar-refractivity contribution in [2.24, 2.45) is 11.8 Å². The summed E-state index contributed by atoms with van der Waals surface area (Å²) in [6, 6.07) is 7.43. The van der Waals surface area contributed by atoms with Crippen LogP contribution in [0.25, 0.3) is 0 Å². The van der Waals surface area contributed by atoms with E-state index < -0.39 is 22.3 Å². The number of nitrogens with one attached hydrogen (secondary N) is 1. The summed E-state index contributed by atoms with van der Waals surface area (Å²) in [5.41, 5.74) is 0.986. The Hall–Kier alpha value is -2.02. The van der Waals surface area contributed by atoms with Gasteiger partial charge in [-0.25, -0.2) is 4.39 Å². The summed E-state index contributed by atoms with van der Waals surface area (Å²) in [5.74, 6) is 1.48. The van der Waals surface area contributed by atoms with E-state index in [1.54, 1.807) is 12.1 Å². The number of likely N-dealkylation sites (tertiary alicyclic amines) is 1. The van der Waals surface area contributed by atoms with Gasteiger partial charge < -0.3 is 10.2 Å². The van der Waals surface area contributed by atoms with E-state index in [9.17, 15) is 17.6 Å². The Morgan fingerprint density at radius 2 is 1.85 bits per heavy atom. The summed E-state index contributed by atoms with van der Waals surface area (Å²) in [6.45, 7) is 4.33. The molecule has 0 aromatic heterocycles. The van der Waals surface area contributed by atoms with Gasteiger partial charge in [0.25, 0.3) is 10.1 Å². The number of rotatable bonds is 4. The molecule has 0 radical (unpaired) electrons. The Balaban J connectivity index is 0.000000274. The number of benzene rings is 1. The number of hydrogen-bond acceptors (Lipinski definition) is 5. The van der Waals surface area contributed by atoms with Gasteiger partial charge in [-0.05, 0) is 50.7 Å². The minimum Gasteiger partial charge on any atom is -0.323 e. The molecule has 184 valence electrons. The summed E-state index contributed by atoms with van der Waals surface area (Å²) in [7, 11) is -4.02. The number of nitriles is 1. The highest BCUT2D eigenvalue weighted by Gasteiger charge is 2.44. The van der Waals surface area contributed by atoms with Gasteiger partial charge in [-0.3, -0.25) is 9.35 Å². The quantitative estimate of drug-likeness (QED) is 0.632. The van der Waals surface area contributed by atoms with Gasteiger partial charge in [0.05, 0.1) is 24.1 Å². The number of aryl methyl sites for hydroxylation is 1. The van der Waals surface area contributed by atoms with Crippen molar-refractivity contribution >= 4 is 16.0 Å². The molecule has 3 aliphatic rings. The zero-order valence-electron chi connectivity index (χ0n) is 18.6. The number of carbonyl (C=O) groups is 1. The fourth-order valence-corrected chi connectivity index (χ4v) is 5.80. The summed E-state index contributed by atoms with van der Waals surface area (Å²) >= 11 is 0. The van der Waals surface area contributed by atoms with Crippen molar-refractivity contribution in [2.45, 2.75) is 82.4 Å². The molecule has 33 heavy (non-hydrogen) atoms. The average molecular weight is 482 g/mol. The number of carbonyl (C=O) groups excluding carboxylic acids is 1. The number of halogens is 1. The van der Waals surface area contributed by atoms with Crippen molar-refractivity contribution in [3.63, 3.8) is 0 Å². The molecule has 0 spiro atoms. The molecule has 2 aliphatic carbocycles. The average Bonchev–Trinajstić information content (AvgIpc) is 3.39. The number of nitrogens with zero attached hydrogens (tertiary/aromatic N) is 2. The predicted octanol–water partition coefficient (Wildman–Crippen LogP) is 3.89. The number of hydrogen-bond donors (Lipinski definition) is 2. The molecule has 2 N–H and O–H groups in total. The van der Waals surface area contributed by atoms with E-state index in [1.165, 1.54) is 36.3 Å². The highest BCUT2D eigenvalue weighted by molar-refractivity contribution is 7.85. The zero-order valence-corrected chi connectivity index (χ0v) is 19.4. The second kappa shape index (κ2) is 10.9. The zero-order chi connectivity index (χ0) is 23.5. The molecule has 1 aromatic rings. The first-order valence-corrected chi connectivity index (χ1v) is 12.6. The number of amides is 1. The van der Waals surface area contributed by atoms with Crippen LogP contribution in [0, 0.1) is 30.1 Å². The molecular weight excluding hydrogens is 445 g/mol. The topological polar surface area (TPSA) is 111 Å². The van der Waals surface area contributed by atoms with E-state index in [-0.39, 0.29) is 43.3 Å². The highest BCUT2D eigenvalue weighted by Crippen LogP contribution is 2.48. The van der Waals surface area contributed by atoms with Crippen LogP contribution in [-0.2, 0) is 14.9 Å². The van der Waals surface area contributed by atoms with E-state index >= 15 is 0 Å². The van der Waals surface area contributed by atoms with Crippen LogP contribution in [0.15, 0.2) is 29.2 Å². The van der Waals surface area contributed by atoms with Crippen LogP contribution in [0.1, 0.15) is 58.4 Å². The standard InChI is InChI=1S/C16H24FN3O.C7H8O3S.CH4/c1-16(6-11-3-2-4-12(11)7-16)19-9-15(21)20-10-13(17)5-14(20)8-18;1-6-2-4-7(5-3-6)11(8,9)10;/h11-14,19H,2-7,9-10H2,1H3;2-5H,1H3,(H,8,9,10);1H4/t11-,12?,13?,14?,16?;;/m1../s1. The molecule has 1 amide bonds. The number of alkyl halides is 1. The van der Waals surface area contributed by atoms with Gasteiger partial charge in [-0.1, -0.05) is 44.4 Å². The minimum atomic E-state index is -4.02. The van der Waals surface area contributed by atoms with E-state index in [1.807, 2.05) is 13.0 Å². The predicted molar refractivity (Wildman–Crippen MR) is 125 cm³/mol. The molecule has 3 fully saturated rings. The lowest BCUT2D eigenvalue weighted by Gasteiger charge is -2.28. The van der Waals surface area contributed by atoms with Gasteiger partial charge in [-0.2, -0.15) is 13.7 Å². The second-order valence-electron chi connectivity index (χ2n) is 9.59. The monoisotopic (exact) mass is 481 g/mol. The Morgan fingerprint density at radius 1 is 1.27 bits per heavy atom. The molecule has 7 nitrogen and oxygen atoms in total. The van der Waals surface area contributed by atoms with Gasteiger partial charge in [-0.15, -0.1) is 0 Å². The van der Waals surface area contributed by atoms with Gasteiger partial charge in [0, 0.05) is 12.0 Å². The fourth-order valence-electron chi connectivity index (χ4n) is 5.32. The first-order valence-electron chi connectivity index (χ1n) is 11.1. The van der Waals surface area contributed by atoms with Gasteiger partial charge in [0.1, 0.15) is 12.2 Å². The van der Waals surface area contributed by atoms with Crippen molar-refractivity contribution in [1.29, 1.82) is 5.26 Å². The van der Waals surface area contributed by atoms with Crippen molar-refractivity contribution in [2.75, 3.05) is 13.1 Å². The van der Waals surface area contributed by atoms with Crippen LogP contribution in [0.2, 0.25) is 0 Å². The Kier molecular flexibility index (Phi) is 9.02. The smallest absolute Gasteiger partial charge is 0.294 e. The Bertz CT molecular complexity index is 949. The normalized spacial score (nSPS) is 30.6. The third-order valence-corrected chi connectivity index (χ3v) is 7.81. The van der Waals surface area contributed by atoms with E-state index in [0.717, 1.165) is 30.2 Å². The lowest BCUT2D eigenvalue weighted by atomic mass is 9.96. The third-order valence-electron chi connectivity index (χ3n) is 6.95. The molecule has 4 unspecified atom stereocenters. The van der Waals surface area contributed by atoms with E-state index in [0.29, 0.717) is 0 Å². The molecule has 9 heteroatoms. The van der Waals surface area contributed by atoms with Gasteiger partial charge in [0.2, 0.25) is 5.91 Å². The molecule has 0 bridgehead atoms. The van der Waals surface area contributed by atoms with E-state index in [2.05, 4.69) is 12.2 Å². The molecule has 1 aliphatic heterocycles. The highest BCUT2D eigenvalue weighted by atomic mass is 32.2. The van der Waals surface area contributed by atoms with Crippen molar-refractivity contribution in [3.8, 4) is 6.07 Å².